The molecule has 0 radical (unpaired) electrons. The quantitative estimate of drug-likeness (QED) is 0.481. The summed E-state index contributed by atoms with van der Waals surface area (Å²) in [4.78, 5) is 29.4. The third-order valence-corrected chi connectivity index (χ3v) is 4.66. The van der Waals surface area contributed by atoms with Crippen LogP contribution in [0.3, 0.4) is 0 Å². The second kappa shape index (κ2) is 9.58. The molecular weight excluding hydrogens is 294 g/mol. The van der Waals surface area contributed by atoms with Crippen molar-refractivity contribution in [3.05, 3.63) is 0 Å². The largest absolute Gasteiger partial charge is 0.279 e. The van der Waals surface area contributed by atoms with E-state index in [-0.39, 0.29) is 17.9 Å². The molecule has 1 N–H and O–H groups in total. The lowest BCUT2D eigenvalue weighted by Crippen LogP contribution is -2.24. The fraction of sp³-hybridized carbons (Fsp3) is 0.824. The molecule has 1 aliphatic heterocycles. The van der Waals surface area contributed by atoms with E-state index in [0.29, 0.717) is 12.1 Å². The molecule has 1 heterocycles. The molecule has 2 aliphatic carbocycles. The first-order valence-corrected chi connectivity index (χ1v) is 8.86. The number of carbonyl (C=O) groups excluding carboxylic acids is 2. The Morgan fingerprint density at radius 2 is 1.17 bits per heavy atom. The minimum Gasteiger partial charge on any atom is -0.279 e. The van der Waals surface area contributed by atoms with Crippen LogP contribution in [0.15, 0.2) is 9.98 Å². The van der Waals surface area contributed by atoms with Crippen molar-refractivity contribution in [2.24, 2.45) is 9.98 Å². The molecule has 128 valence electrons. The summed E-state index contributed by atoms with van der Waals surface area (Å²) in [5.41, 5.74) is 0. The maximum absolute atomic E-state index is 10.2. The van der Waals surface area contributed by atoms with Crippen molar-refractivity contribution in [3.63, 3.8) is 0 Å². The number of hydroxylamine groups is 2. The Hall–Kier alpha value is -1.52. The summed E-state index contributed by atoms with van der Waals surface area (Å²) in [5, 5.41) is 8.57. The normalized spacial score (nSPS) is 23.1. The highest BCUT2D eigenvalue weighted by molar-refractivity contribution is 6.00. The van der Waals surface area contributed by atoms with Crippen molar-refractivity contribution in [1.29, 1.82) is 0 Å². The van der Waals surface area contributed by atoms with E-state index in [0.717, 1.165) is 0 Å². The molecule has 2 saturated carbocycles. The predicted molar refractivity (Wildman–Crippen MR) is 86.5 cm³/mol. The van der Waals surface area contributed by atoms with E-state index in [2.05, 4.69) is 16.0 Å². The summed E-state index contributed by atoms with van der Waals surface area (Å²) in [6, 6.07) is 4.04. The molecule has 0 bridgehead atoms. The number of hydrogen-bond acceptors (Lipinski definition) is 5. The van der Waals surface area contributed by atoms with E-state index >= 15 is 0 Å². The third-order valence-electron chi connectivity index (χ3n) is 4.66. The Labute approximate surface area is 137 Å². The van der Waals surface area contributed by atoms with Gasteiger partial charge in [0, 0.05) is 12.8 Å². The van der Waals surface area contributed by atoms with Crippen LogP contribution in [0.5, 0.6) is 0 Å². The van der Waals surface area contributed by atoms with E-state index in [4.69, 9.17) is 5.21 Å². The third kappa shape index (κ3) is 6.24. The average molecular weight is 321 g/mol. The zero-order valence-electron chi connectivity index (χ0n) is 13.7. The van der Waals surface area contributed by atoms with Gasteiger partial charge in [-0.3, -0.25) is 14.8 Å². The molecule has 3 rings (SSSR count). The highest BCUT2D eigenvalue weighted by Gasteiger charge is 2.26. The summed E-state index contributed by atoms with van der Waals surface area (Å²) in [6.07, 6.45) is 13.5. The molecule has 0 unspecified atom stereocenters. The monoisotopic (exact) mass is 321 g/mol. The van der Waals surface area contributed by atoms with Gasteiger partial charge in [-0.1, -0.05) is 38.5 Å². The van der Waals surface area contributed by atoms with Gasteiger partial charge in [-0.2, -0.15) is 5.06 Å². The number of hydrogen-bond donors (Lipinski definition) is 1. The van der Waals surface area contributed by atoms with Crippen molar-refractivity contribution in [2.45, 2.75) is 89.1 Å². The lowest BCUT2D eigenvalue weighted by atomic mass is 9.96. The minimum atomic E-state index is -0.505. The van der Waals surface area contributed by atoms with Crippen LogP contribution in [-0.4, -0.2) is 40.2 Å². The Morgan fingerprint density at radius 3 is 1.48 bits per heavy atom. The fourth-order valence-electron chi connectivity index (χ4n) is 3.18. The van der Waals surface area contributed by atoms with Crippen molar-refractivity contribution >= 4 is 17.8 Å². The van der Waals surface area contributed by atoms with Gasteiger partial charge in [-0.05, 0) is 25.7 Å². The minimum absolute atomic E-state index is 0.148. The fourth-order valence-corrected chi connectivity index (χ4v) is 3.18. The number of imide groups is 1. The number of carbonyl (C=O) groups is 2. The van der Waals surface area contributed by atoms with Crippen molar-refractivity contribution in [2.75, 3.05) is 0 Å². The van der Waals surface area contributed by atoms with Crippen LogP contribution in [0.4, 0.5) is 0 Å². The van der Waals surface area contributed by atoms with E-state index in [1.54, 1.807) is 0 Å². The van der Waals surface area contributed by atoms with Gasteiger partial charge in [0.2, 0.25) is 0 Å². The molecule has 6 heteroatoms. The molecule has 1 saturated heterocycles. The molecule has 0 aromatic carbocycles. The Balaban J connectivity index is 0.000000203. The van der Waals surface area contributed by atoms with Gasteiger partial charge < -0.3 is 0 Å². The number of rotatable bonds is 2. The van der Waals surface area contributed by atoms with Gasteiger partial charge in [0.1, 0.15) is 0 Å². The number of aliphatic imine (C=N–C) groups is 2. The molecule has 0 aromatic rings. The lowest BCUT2D eigenvalue weighted by Gasteiger charge is -2.17. The first-order valence-electron chi connectivity index (χ1n) is 8.86. The Kier molecular flexibility index (Phi) is 7.43. The summed E-state index contributed by atoms with van der Waals surface area (Å²) >= 11 is 0. The highest BCUT2D eigenvalue weighted by atomic mass is 16.5. The van der Waals surface area contributed by atoms with Crippen LogP contribution < -0.4 is 0 Å². The van der Waals surface area contributed by atoms with Gasteiger partial charge >= 0.3 is 0 Å². The topological polar surface area (TPSA) is 82.3 Å². The average Bonchev–Trinajstić information content (AvgIpc) is 2.89. The molecule has 3 fully saturated rings. The SMILES string of the molecule is C(=NC1CCCCC1)=NC1CCCCC1.O=C1CCC(=O)N1O. The maximum atomic E-state index is 10.2. The van der Waals surface area contributed by atoms with Crippen LogP contribution in [0, 0.1) is 0 Å². The zero-order valence-corrected chi connectivity index (χ0v) is 13.7. The van der Waals surface area contributed by atoms with Crippen LogP contribution >= 0.6 is 0 Å². The van der Waals surface area contributed by atoms with Crippen molar-refractivity contribution < 1.29 is 14.8 Å². The Morgan fingerprint density at radius 1 is 0.783 bits per heavy atom. The first kappa shape index (κ1) is 17.8. The predicted octanol–water partition coefficient (Wildman–Crippen LogP) is 3.35. The van der Waals surface area contributed by atoms with Gasteiger partial charge in [-0.15, -0.1) is 0 Å². The first-order chi connectivity index (χ1) is 11.2. The van der Waals surface area contributed by atoms with E-state index in [9.17, 15) is 9.59 Å². The second-order valence-corrected chi connectivity index (χ2v) is 6.54. The van der Waals surface area contributed by atoms with Crippen LogP contribution in [0.25, 0.3) is 0 Å². The summed E-state index contributed by atoms with van der Waals surface area (Å²) in [6.45, 7) is 0. The number of nitrogens with zero attached hydrogens (tertiary/aromatic N) is 3. The molecule has 0 atom stereocenters. The standard InChI is InChI=1S/C13H22N2.C4H5NO3/c1-3-7-12(8-4-1)14-11-15-13-9-5-2-6-10-13;6-3-1-2-4(7)5(3)8/h12-13H,1-10H2;8H,1-2H2. The zero-order chi connectivity index (χ0) is 16.5. The van der Waals surface area contributed by atoms with E-state index in [1.165, 1.54) is 64.2 Å². The van der Waals surface area contributed by atoms with Crippen molar-refractivity contribution in [3.8, 4) is 0 Å². The lowest BCUT2D eigenvalue weighted by molar-refractivity contribution is -0.171. The maximum Gasteiger partial charge on any atom is 0.253 e. The molecule has 2 amide bonds. The molecular formula is C17H27N3O3. The molecule has 23 heavy (non-hydrogen) atoms. The van der Waals surface area contributed by atoms with Crippen LogP contribution in [-0.2, 0) is 9.59 Å². The highest BCUT2D eigenvalue weighted by Crippen LogP contribution is 2.21. The van der Waals surface area contributed by atoms with Gasteiger partial charge in [0.15, 0.2) is 0 Å². The number of amides is 2. The smallest absolute Gasteiger partial charge is 0.253 e. The van der Waals surface area contributed by atoms with Gasteiger partial charge in [-0.25, -0.2) is 9.98 Å². The van der Waals surface area contributed by atoms with Crippen LogP contribution in [0.1, 0.15) is 77.0 Å². The summed E-state index contributed by atoms with van der Waals surface area (Å²) < 4.78 is 0. The molecule has 6 nitrogen and oxygen atoms in total. The van der Waals surface area contributed by atoms with E-state index < -0.39 is 11.8 Å². The molecule has 0 aromatic heterocycles. The summed E-state index contributed by atoms with van der Waals surface area (Å²) in [5.74, 6) is -1.01. The van der Waals surface area contributed by atoms with Crippen LogP contribution in [0.2, 0.25) is 0 Å². The van der Waals surface area contributed by atoms with Gasteiger partial charge in [0.05, 0.1) is 18.1 Å². The molecule has 0 spiro atoms. The second-order valence-electron chi connectivity index (χ2n) is 6.54. The van der Waals surface area contributed by atoms with Crippen molar-refractivity contribution in [1.82, 2.24) is 5.06 Å². The summed E-state index contributed by atoms with van der Waals surface area (Å²) in [7, 11) is 0. The van der Waals surface area contributed by atoms with E-state index in [1.807, 2.05) is 0 Å². The molecule has 3 aliphatic rings. The Bertz CT molecular complexity index is 422. The van der Waals surface area contributed by atoms with Gasteiger partial charge in [0.25, 0.3) is 11.8 Å².